The number of hydrogen-bond acceptors (Lipinski definition) is 4. The normalized spacial score (nSPS) is 18.4. The third kappa shape index (κ3) is 4.24. The largest absolute Gasteiger partial charge is 0.466 e. The zero-order valence-corrected chi connectivity index (χ0v) is 12.3. The number of ether oxygens (including phenoxy) is 1. The maximum Gasteiger partial charge on any atom is 0.307 e. The van der Waals surface area contributed by atoms with Gasteiger partial charge in [-0.1, -0.05) is 0 Å². The summed E-state index contributed by atoms with van der Waals surface area (Å²) in [5, 5.41) is 2.96. The van der Waals surface area contributed by atoms with Crippen LogP contribution >= 0.6 is 0 Å². The van der Waals surface area contributed by atoms with Crippen LogP contribution in [-0.2, 0) is 20.9 Å². The van der Waals surface area contributed by atoms with Gasteiger partial charge < -0.3 is 15.0 Å². The molecule has 7 heteroatoms. The van der Waals surface area contributed by atoms with Crippen molar-refractivity contribution in [3.8, 4) is 0 Å². The maximum atomic E-state index is 13.2. The molecule has 0 saturated carbocycles. The zero-order chi connectivity index (χ0) is 16.1. The number of carbonyl (C=O) groups is 2. The molecular weight excluding hydrogens is 294 g/mol. The van der Waals surface area contributed by atoms with Crippen LogP contribution in [0.15, 0.2) is 18.2 Å². The number of hydrogen-bond donors (Lipinski definition) is 1. The summed E-state index contributed by atoms with van der Waals surface area (Å²) in [4.78, 5) is 25.3. The van der Waals surface area contributed by atoms with Gasteiger partial charge in [0.15, 0.2) is 0 Å². The van der Waals surface area contributed by atoms with Gasteiger partial charge in [-0.05, 0) is 24.6 Å². The third-order valence-electron chi connectivity index (χ3n) is 3.35. The second-order valence-corrected chi connectivity index (χ2v) is 5.05. The van der Waals surface area contributed by atoms with Crippen LogP contribution in [0.1, 0.15) is 18.9 Å². The quantitative estimate of drug-likeness (QED) is 0.831. The minimum atomic E-state index is -0.680. The number of esters is 1. The van der Waals surface area contributed by atoms with E-state index in [1.165, 1.54) is 17.0 Å². The van der Waals surface area contributed by atoms with E-state index < -0.39 is 23.6 Å². The average molecular weight is 312 g/mol. The first kappa shape index (κ1) is 16.4. The van der Waals surface area contributed by atoms with E-state index in [1.54, 1.807) is 6.92 Å². The molecule has 1 aromatic carbocycles. The van der Waals surface area contributed by atoms with E-state index in [0.29, 0.717) is 18.7 Å². The summed E-state index contributed by atoms with van der Waals surface area (Å²) >= 11 is 0. The fraction of sp³-hybridized carbons (Fsp3) is 0.467. The highest BCUT2D eigenvalue weighted by Gasteiger charge is 2.30. The molecule has 1 aliphatic heterocycles. The first-order valence-corrected chi connectivity index (χ1v) is 7.12. The third-order valence-corrected chi connectivity index (χ3v) is 3.35. The molecular formula is C15H18F2N2O3. The maximum absolute atomic E-state index is 13.2. The van der Waals surface area contributed by atoms with Gasteiger partial charge in [-0.15, -0.1) is 0 Å². The van der Waals surface area contributed by atoms with Crippen molar-refractivity contribution in [2.75, 3.05) is 19.7 Å². The average Bonchev–Trinajstić information content (AvgIpc) is 2.42. The van der Waals surface area contributed by atoms with Crippen LogP contribution < -0.4 is 5.32 Å². The number of carbonyl (C=O) groups excluding carboxylic acids is 2. The Balaban J connectivity index is 2.02. The van der Waals surface area contributed by atoms with Gasteiger partial charge in [0, 0.05) is 25.7 Å². The van der Waals surface area contributed by atoms with Crippen LogP contribution in [0.2, 0.25) is 0 Å². The molecule has 0 radical (unpaired) electrons. The number of amides is 1. The van der Waals surface area contributed by atoms with Gasteiger partial charge in [0.05, 0.1) is 19.1 Å². The molecule has 2 rings (SSSR count). The van der Waals surface area contributed by atoms with Gasteiger partial charge in [-0.25, -0.2) is 8.78 Å². The molecule has 1 fully saturated rings. The van der Waals surface area contributed by atoms with Gasteiger partial charge in [-0.2, -0.15) is 0 Å². The lowest BCUT2D eigenvalue weighted by Crippen LogP contribution is -2.55. The predicted molar refractivity (Wildman–Crippen MR) is 74.8 cm³/mol. The fourth-order valence-corrected chi connectivity index (χ4v) is 2.42. The highest BCUT2D eigenvalue weighted by molar-refractivity contribution is 5.87. The number of nitrogens with one attached hydrogen (secondary N) is 1. The lowest BCUT2D eigenvalue weighted by molar-refractivity contribution is -0.148. The van der Waals surface area contributed by atoms with Crippen molar-refractivity contribution in [3.63, 3.8) is 0 Å². The van der Waals surface area contributed by atoms with E-state index in [-0.39, 0.29) is 25.5 Å². The molecule has 0 bridgehead atoms. The fourth-order valence-electron chi connectivity index (χ4n) is 2.42. The van der Waals surface area contributed by atoms with Crippen LogP contribution in [-0.4, -0.2) is 42.5 Å². The Hall–Kier alpha value is -2.02. The Morgan fingerprint density at radius 2 is 2.05 bits per heavy atom. The monoisotopic (exact) mass is 312 g/mol. The second-order valence-electron chi connectivity index (χ2n) is 5.05. The standard InChI is InChI=1S/C15H18F2N2O3/c1-2-22-14(20)8-13-15(21)19(4-3-18-13)9-10-5-11(16)7-12(17)6-10/h5-7,13,18H,2-4,8-9H2,1H3. The molecule has 120 valence electrons. The Kier molecular flexibility index (Phi) is 5.43. The zero-order valence-electron chi connectivity index (χ0n) is 12.3. The number of halogens is 2. The summed E-state index contributed by atoms with van der Waals surface area (Å²) in [6, 6.07) is 2.51. The molecule has 1 N–H and O–H groups in total. The van der Waals surface area contributed by atoms with Crippen molar-refractivity contribution >= 4 is 11.9 Å². The SMILES string of the molecule is CCOC(=O)CC1NCCN(Cc2cc(F)cc(F)c2)C1=O. The number of rotatable bonds is 5. The molecule has 22 heavy (non-hydrogen) atoms. The Bertz CT molecular complexity index is 545. The molecule has 1 saturated heterocycles. The van der Waals surface area contributed by atoms with Gasteiger partial charge in [-0.3, -0.25) is 9.59 Å². The van der Waals surface area contributed by atoms with Gasteiger partial charge in [0.25, 0.3) is 0 Å². The summed E-state index contributed by atoms with van der Waals surface area (Å²) in [6.07, 6.45) is -0.0549. The smallest absolute Gasteiger partial charge is 0.307 e. The first-order valence-electron chi connectivity index (χ1n) is 7.12. The topological polar surface area (TPSA) is 58.6 Å². The molecule has 0 aliphatic carbocycles. The Morgan fingerprint density at radius 3 is 2.68 bits per heavy atom. The summed E-state index contributed by atoms with van der Waals surface area (Å²) in [6.45, 7) is 2.98. The molecule has 1 aliphatic rings. The highest BCUT2D eigenvalue weighted by atomic mass is 19.1. The van der Waals surface area contributed by atoms with Crippen molar-refractivity contribution in [3.05, 3.63) is 35.4 Å². The molecule has 1 amide bonds. The van der Waals surface area contributed by atoms with Gasteiger partial charge in [0.2, 0.25) is 5.91 Å². The van der Waals surface area contributed by atoms with E-state index in [2.05, 4.69) is 5.32 Å². The summed E-state index contributed by atoms with van der Waals surface area (Å²) < 4.78 is 31.2. The van der Waals surface area contributed by atoms with Crippen molar-refractivity contribution in [1.82, 2.24) is 10.2 Å². The van der Waals surface area contributed by atoms with Crippen LogP contribution in [0.4, 0.5) is 8.78 Å². The molecule has 0 spiro atoms. The Morgan fingerprint density at radius 1 is 1.36 bits per heavy atom. The first-order chi connectivity index (χ1) is 10.5. The summed E-state index contributed by atoms with van der Waals surface area (Å²) in [5.74, 6) is -2.09. The lowest BCUT2D eigenvalue weighted by Gasteiger charge is -2.32. The highest BCUT2D eigenvalue weighted by Crippen LogP contribution is 2.14. The molecule has 1 atom stereocenters. The number of piperazine rings is 1. The molecule has 5 nitrogen and oxygen atoms in total. The molecule has 1 aromatic rings. The predicted octanol–water partition coefficient (Wildman–Crippen LogP) is 1.22. The second kappa shape index (κ2) is 7.31. The summed E-state index contributed by atoms with van der Waals surface area (Å²) in [7, 11) is 0. The number of nitrogens with zero attached hydrogens (tertiary/aromatic N) is 1. The molecule has 1 heterocycles. The van der Waals surface area contributed by atoms with Crippen molar-refractivity contribution in [2.45, 2.75) is 25.9 Å². The van der Waals surface area contributed by atoms with Crippen LogP contribution in [0.25, 0.3) is 0 Å². The van der Waals surface area contributed by atoms with Crippen molar-refractivity contribution in [1.29, 1.82) is 0 Å². The Labute approximate surface area is 127 Å². The van der Waals surface area contributed by atoms with E-state index in [9.17, 15) is 18.4 Å². The van der Waals surface area contributed by atoms with Crippen molar-refractivity contribution in [2.24, 2.45) is 0 Å². The van der Waals surface area contributed by atoms with Gasteiger partial charge >= 0.3 is 5.97 Å². The van der Waals surface area contributed by atoms with Crippen LogP contribution in [0.5, 0.6) is 0 Å². The lowest BCUT2D eigenvalue weighted by atomic mass is 10.1. The van der Waals surface area contributed by atoms with Crippen molar-refractivity contribution < 1.29 is 23.1 Å². The van der Waals surface area contributed by atoms with Gasteiger partial charge in [0.1, 0.15) is 11.6 Å². The minimum absolute atomic E-state index is 0.0549. The molecule has 1 unspecified atom stereocenters. The van der Waals surface area contributed by atoms with Crippen LogP contribution in [0.3, 0.4) is 0 Å². The minimum Gasteiger partial charge on any atom is -0.466 e. The van der Waals surface area contributed by atoms with E-state index >= 15 is 0 Å². The van der Waals surface area contributed by atoms with E-state index in [1.807, 2.05) is 0 Å². The van der Waals surface area contributed by atoms with E-state index in [0.717, 1.165) is 6.07 Å². The number of benzene rings is 1. The molecule has 0 aromatic heterocycles. The van der Waals surface area contributed by atoms with Crippen LogP contribution in [0, 0.1) is 11.6 Å². The van der Waals surface area contributed by atoms with E-state index in [4.69, 9.17) is 4.74 Å². The summed E-state index contributed by atoms with van der Waals surface area (Å²) in [5.41, 5.74) is 0.377.